The van der Waals surface area contributed by atoms with Gasteiger partial charge in [-0.25, -0.2) is 0 Å². The number of imide groups is 1. The van der Waals surface area contributed by atoms with Crippen molar-refractivity contribution in [3.05, 3.63) is 64.3 Å². The van der Waals surface area contributed by atoms with Crippen LogP contribution in [0.4, 0.5) is 4.79 Å². The molecular weight excluding hydrogens is 320 g/mol. The minimum Gasteiger partial charge on any atom is -0.351 e. The van der Waals surface area contributed by atoms with E-state index in [9.17, 15) is 9.59 Å². The molecule has 0 bridgehead atoms. The Morgan fingerprint density at radius 2 is 1.83 bits per heavy atom. The summed E-state index contributed by atoms with van der Waals surface area (Å²) in [5, 5.41) is -0.213. The number of hydrogen-bond acceptors (Lipinski definition) is 3. The van der Waals surface area contributed by atoms with Crippen molar-refractivity contribution in [1.29, 1.82) is 0 Å². The summed E-state index contributed by atoms with van der Waals surface area (Å²) in [6.07, 6.45) is 5.75. The van der Waals surface area contributed by atoms with Crippen LogP contribution in [0.25, 0.3) is 6.08 Å². The van der Waals surface area contributed by atoms with Crippen LogP contribution in [0, 0.1) is 6.92 Å². The van der Waals surface area contributed by atoms with E-state index in [-0.39, 0.29) is 11.1 Å². The molecule has 0 radical (unpaired) electrons. The molecule has 2 aromatic rings. The first kappa shape index (κ1) is 16.6. The molecule has 124 valence electrons. The SMILES string of the molecule is Cc1ccc(CN2C(=O)S/C(=C/c3ccn(C(C)C)c3)C2=O)cc1. The van der Waals surface area contributed by atoms with Crippen LogP contribution in [0.3, 0.4) is 0 Å². The van der Waals surface area contributed by atoms with Crippen LogP contribution in [0.15, 0.2) is 47.6 Å². The number of hydrogen-bond donors (Lipinski definition) is 0. The second-order valence-corrected chi connectivity index (χ2v) is 7.23. The zero-order valence-electron chi connectivity index (χ0n) is 14.0. The highest BCUT2D eigenvalue weighted by molar-refractivity contribution is 8.18. The highest BCUT2D eigenvalue weighted by atomic mass is 32.2. The van der Waals surface area contributed by atoms with E-state index < -0.39 is 0 Å². The fourth-order valence-electron chi connectivity index (χ4n) is 2.50. The molecule has 1 fully saturated rings. The summed E-state index contributed by atoms with van der Waals surface area (Å²) >= 11 is 1.01. The van der Waals surface area contributed by atoms with E-state index in [0.717, 1.165) is 28.5 Å². The van der Waals surface area contributed by atoms with E-state index in [1.54, 1.807) is 6.08 Å². The molecule has 0 N–H and O–H groups in total. The van der Waals surface area contributed by atoms with E-state index in [0.29, 0.717) is 17.5 Å². The molecule has 5 heteroatoms. The standard InChI is InChI=1S/C19H20N2O2S/c1-13(2)20-9-8-16(11-20)10-17-18(22)21(19(23)24-17)12-15-6-4-14(3)5-7-15/h4-11,13H,12H2,1-3H3/b17-10+. The third-order valence-corrected chi connectivity index (χ3v) is 4.87. The average Bonchev–Trinajstić information content (AvgIpc) is 3.10. The number of thioether (sulfide) groups is 1. The number of benzene rings is 1. The first-order chi connectivity index (χ1) is 11.4. The van der Waals surface area contributed by atoms with Gasteiger partial charge in [-0.05, 0) is 55.8 Å². The summed E-state index contributed by atoms with van der Waals surface area (Å²) in [6, 6.07) is 10.2. The smallest absolute Gasteiger partial charge is 0.293 e. The van der Waals surface area contributed by atoms with Gasteiger partial charge < -0.3 is 4.57 Å². The molecule has 1 saturated heterocycles. The van der Waals surface area contributed by atoms with Crippen molar-refractivity contribution in [2.45, 2.75) is 33.4 Å². The van der Waals surface area contributed by atoms with Crippen molar-refractivity contribution in [2.75, 3.05) is 0 Å². The van der Waals surface area contributed by atoms with Crippen LogP contribution >= 0.6 is 11.8 Å². The summed E-state index contributed by atoms with van der Waals surface area (Å²) in [5.74, 6) is -0.220. The fraction of sp³-hybridized carbons (Fsp3) is 0.263. The van der Waals surface area contributed by atoms with Gasteiger partial charge in [0.15, 0.2) is 0 Å². The van der Waals surface area contributed by atoms with Gasteiger partial charge in [0.2, 0.25) is 0 Å². The van der Waals surface area contributed by atoms with Gasteiger partial charge in [0, 0.05) is 18.4 Å². The maximum Gasteiger partial charge on any atom is 0.293 e. The lowest BCUT2D eigenvalue weighted by molar-refractivity contribution is -0.123. The van der Waals surface area contributed by atoms with Gasteiger partial charge >= 0.3 is 0 Å². The predicted molar refractivity (Wildman–Crippen MR) is 97.5 cm³/mol. The zero-order valence-corrected chi connectivity index (χ0v) is 14.8. The Labute approximate surface area is 146 Å². The monoisotopic (exact) mass is 340 g/mol. The lowest BCUT2D eigenvalue weighted by atomic mass is 10.1. The number of carbonyl (C=O) groups excluding carboxylic acids is 2. The second-order valence-electron chi connectivity index (χ2n) is 6.24. The predicted octanol–water partition coefficient (Wildman–Crippen LogP) is 4.61. The van der Waals surface area contributed by atoms with Crippen LogP contribution in [-0.2, 0) is 11.3 Å². The number of carbonyl (C=O) groups is 2. The maximum atomic E-state index is 12.5. The molecule has 0 unspecified atom stereocenters. The Morgan fingerprint density at radius 1 is 1.12 bits per heavy atom. The minimum absolute atomic E-state index is 0.213. The summed E-state index contributed by atoms with van der Waals surface area (Å²) in [7, 11) is 0. The van der Waals surface area contributed by atoms with E-state index in [2.05, 4.69) is 18.4 Å². The van der Waals surface area contributed by atoms with Crippen molar-refractivity contribution >= 4 is 29.0 Å². The first-order valence-electron chi connectivity index (χ1n) is 7.92. The number of nitrogens with zero attached hydrogens (tertiary/aromatic N) is 2. The molecule has 2 amide bonds. The van der Waals surface area contributed by atoms with Gasteiger partial charge in [-0.1, -0.05) is 29.8 Å². The van der Waals surface area contributed by atoms with Gasteiger partial charge in [0.1, 0.15) is 0 Å². The molecule has 1 aromatic heterocycles. The number of rotatable bonds is 4. The van der Waals surface area contributed by atoms with Gasteiger partial charge in [0.25, 0.3) is 11.1 Å². The Morgan fingerprint density at radius 3 is 2.46 bits per heavy atom. The lowest BCUT2D eigenvalue weighted by Gasteiger charge is -2.12. The molecular formula is C19H20N2O2S. The Balaban J connectivity index is 1.77. The van der Waals surface area contributed by atoms with Crippen molar-refractivity contribution in [1.82, 2.24) is 9.47 Å². The molecule has 1 aromatic carbocycles. The molecule has 0 saturated carbocycles. The maximum absolute atomic E-state index is 12.5. The number of amides is 2. The molecule has 0 atom stereocenters. The zero-order chi connectivity index (χ0) is 17.3. The average molecular weight is 340 g/mol. The van der Waals surface area contributed by atoms with Crippen molar-refractivity contribution in [3.63, 3.8) is 0 Å². The van der Waals surface area contributed by atoms with E-state index in [1.165, 1.54) is 4.90 Å². The van der Waals surface area contributed by atoms with Gasteiger partial charge in [-0.3, -0.25) is 14.5 Å². The van der Waals surface area contributed by atoms with Crippen LogP contribution in [0.2, 0.25) is 0 Å². The summed E-state index contributed by atoms with van der Waals surface area (Å²) < 4.78 is 2.07. The van der Waals surface area contributed by atoms with Crippen molar-refractivity contribution in [3.8, 4) is 0 Å². The third kappa shape index (κ3) is 3.46. The van der Waals surface area contributed by atoms with Gasteiger partial charge in [-0.15, -0.1) is 0 Å². The van der Waals surface area contributed by atoms with Gasteiger partial charge in [-0.2, -0.15) is 0 Å². The minimum atomic E-state index is -0.220. The summed E-state index contributed by atoms with van der Waals surface area (Å²) in [6.45, 7) is 6.52. The van der Waals surface area contributed by atoms with Gasteiger partial charge in [0.05, 0.1) is 11.4 Å². The number of aryl methyl sites for hydroxylation is 1. The second kappa shape index (κ2) is 6.69. The quantitative estimate of drug-likeness (QED) is 0.763. The molecule has 1 aliphatic heterocycles. The molecule has 0 spiro atoms. The van der Waals surface area contributed by atoms with Crippen LogP contribution in [-0.4, -0.2) is 20.6 Å². The topological polar surface area (TPSA) is 42.3 Å². The first-order valence-corrected chi connectivity index (χ1v) is 8.74. The summed E-state index contributed by atoms with van der Waals surface area (Å²) in [5.41, 5.74) is 3.04. The van der Waals surface area contributed by atoms with Crippen molar-refractivity contribution in [2.24, 2.45) is 0 Å². The largest absolute Gasteiger partial charge is 0.351 e. The van der Waals surface area contributed by atoms with Crippen molar-refractivity contribution < 1.29 is 9.59 Å². The van der Waals surface area contributed by atoms with Crippen LogP contribution in [0.5, 0.6) is 0 Å². The normalized spacial score (nSPS) is 16.7. The third-order valence-electron chi connectivity index (χ3n) is 3.97. The molecule has 4 nitrogen and oxygen atoms in total. The van der Waals surface area contributed by atoms with E-state index >= 15 is 0 Å². The summed E-state index contributed by atoms with van der Waals surface area (Å²) in [4.78, 5) is 26.5. The molecule has 1 aliphatic rings. The molecule has 0 aliphatic carbocycles. The molecule has 24 heavy (non-hydrogen) atoms. The number of aromatic nitrogens is 1. The Bertz CT molecular complexity index is 803. The molecule has 3 rings (SSSR count). The van der Waals surface area contributed by atoms with E-state index in [4.69, 9.17) is 0 Å². The lowest BCUT2D eigenvalue weighted by Crippen LogP contribution is -2.27. The van der Waals surface area contributed by atoms with Crippen LogP contribution < -0.4 is 0 Å². The highest BCUT2D eigenvalue weighted by Crippen LogP contribution is 2.33. The fourth-order valence-corrected chi connectivity index (χ4v) is 3.34. The van der Waals surface area contributed by atoms with E-state index in [1.807, 2.05) is 49.6 Å². The Hall–Kier alpha value is -2.27. The molecule has 2 heterocycles. The highest BCUT2D eigenvalue weighted by Gasteiger charge is 2.34. The van der Waals surface area contributed by atoms with Crippen LogP contribution in [0.1, 0.15) is 36.6 Å². The Kier molecular flexibility index (Phi) is 4.62.